The van der Waals surface area contributed by atoms with E-state index in [4.69, 9.17) is 0 Å². The number of amides is 1. The number of hydrogen-bond acceptors (Lipinski definition) is 2. The highest BCUT2D eigenvalue weighted by Gasteiger charge is 2.19. The van der Waals surface area contributed by atoms with Crippen LogP contribution in [0.15, 0.2) is 35.4 Å². The summed E-state index contributed by atoms with van der Waals surface area (Å²) < 4.78 is 2.45. The maximum atomic E-state index is 12.1. The fourth-order valence-corrected chi connectivity index (χ4v) is 3.76. The van der Waals surface area contributed by atoms with Gasteiger partial charge in [-0.2, -0.15) is 5.10 Å². The van der Waals surface area contributed by atoms with Crippen molar-refractivity contribution in [1.29, 1.82) is 0 Å². The molecule has 1 heterocycles. The minimum atomic E-state index is -0.183. The van der Waals surface area contributed by atoms with Gasteiger partial charge in [0.15, 0.2) is 0 Å². The first kappa shape index (κ1) is 17.5. The molecule has 0 atom stereocenters. The fourth-order valence-electron chi connectivity index (χ4n) is 3.76. The Hall–Kier alpha value is -2.36. The van der Waals surface area contributed by atoms with E-state index in [9.17, 15) is 4.79 Å². The van der Waals surface area contributed by atoms with Gasteiger partial charge >= 0.3 is 0 Å². The van der Waals surface area contributed by atoms with Gasteiger partial charge in [-0.3, -0.25) is 4.79 Å². The van der Waals surface area contributed by atoms with Gasteiger partial charge in [0.2, 0.25) is 0 Å². The van der Waals surface area contributed by atoms with Gasteiger partial charge in [0.1, 0.15) is 0 Å². The first-order valence-electron chi connectivity index (χ1n) is 9.15. The Morgan fingerprint density at radius 3 is 2.48 bits per heavy atom. The predicted molar refractivity (Wildman–Crippen MR) is 102 cm³/mol. The molecule has 0 unspecified atom stereocenters. The van der Waals surface area contributed by atoms with E-state index in [1.807, 2.05) is 31.2 Å². The lowest BCUT2D eigenvalue weighted by atomic mass is 9.95. The van der Waals surface area contributed by atoms with Gasteiger partial charge in [0, 0.05) is 28.6 Å². The molecule has 1 amide bonds. The molecule has 1 saturated carbocycles. The van der Waals surface area contributed by atoms with Gasteiger partial charge in [-0.1, -0.05) is 37.0 Å². The Morgan fingerprint density at radius 1 is 1.12 bits per heavy atom. The van der Waals surface area contributed by atoms with E-state index in [2.05, 4.69) is 35.0 Å². The second-order valence-electron chi connectivity index (χ2n) is 7.05. The molecule has 0 spiro atoms. The van der Waals surface area contributed by atoms with Gasteiger partial charge in [0.25, 0.3) is 5.91 Å². The summed E-state index contributed by atoms with van der Waals surface area (Å²) in [4.78, 5) is 12.1. The van der Waals surface area contributed by atoms with Gasteiger partial charge < -0.3 is 4.57 Å². The molecular weight excluding hydrogens is 310 g/mol. The van der Waals surface area contributed by atoms with Crippen molar-refractivity contribution in [3.8, 4) is 0 Å². The van der Waals surface area contributed by atoms with Crippen molar-refractivity contribution in [2.24, 2.45) is 5.10 Å². The first-order valence-corrected chi connectivity index (χ1v) is 9.15. The standard InChI is InChI=1S/C21H27N3O/c1-15-9-11-18(12-10-15)21(25)23-22-14-19-13-16(2)24(17(19)3)20-7-5-4-6-8-20/h9-14,20H,4-8H2,1-3H3,(H,23,25)/b22-14-. The number of aromatic nitrogens is 1. The number of hydrogen-bond donors (Lipinski definition) is 1. The summed E-state index contributed by atoms with van der Waals surface area (Å²) in [5, 5.41) is 4.16. The van der Waals surface area contributed by atoms with E-state index >= 15 is 0 Å². The monoisotopic (exact) mass is 337 g/mol. The molecule has 1 aromatic heterocycles. The lowest BCUT2D eigenvalue weighted by molar-refractivity contribution is 0.0955. The molecule has 0 radical (unpaired) electrons. The van der Waals surface area contributed by atoms with Crippen LogP contribution in [0.25, 0.3) is 0 Å². The van der Waals surface area contributed by atoms with E-state index in [1.165, 1.54) is 43.5 Å². The maximum absolute atomic E-state index is 12.1. The Bertz CT molecular complexity index is 765. The van der Waals surface area contributed by atoms with Crippen molar-refractivity contribution in [1.82, 2.24) is 9.99 Å². The molecule has 1 aliphatic carbocycles. The molecule has 25 heavy (non-hydrogen) atoms. The minimum Gasteiger partial charge on any atom is -0.345 e. The number of nitrogens with one attached hydrogen (secondary N) is 1. The molecule has 0 bridgehead atoms. The summed E-state index contributed by atoms with van der Waals surface area (Å²) in [5.41, 5.74) is 7.96. The van der Waals surface area contributed by atoms with Gasteiger partial charge in [-0.25, -0.2) is 5.43 Å². The molecular formula is C21H27N3O. The smallest absolute Gasteiger partial charge is 0.271 e. The van der Waals surface area contributed by atoms with Crippen LogP contribution >= 0.6 is 0 Å². The highest BCUT2D eigenvalue weighted by atomic mass is 16.2. The zero-order valence-corrected chi connectivity index (χ0v) is 15.4. The first-order chi connectivity index (χ1) is 12.1. The molecule has 132 valence electrons. The summed E-state index contributed by atoms with van der Waals surface area (Å²) in [7, 11) is 0. The molecule has 1 aliphatic rings. The van der Waals surface area contributed by atoms with Crippen LogP contribution in [0, 0.1) is 20.8 Å². The lowest BCUT2D eigenvalue weighted by Gasteiger charge is -2.26. The second-order valence-corrected chi connectivity index (χ2v) is 7.05. The van der Waals surface area contributed by atoms with Crippen LogP contribution in [0.3, 0.4) is 0 Å². The van der Waals surface area contributed by atoms with Crippen LogP contribution in [0.4, 0.5) is 0 Å². The summed E-state index contributed by atoms with van der Waals surface area (Å²) in [5.74, 6) is -0.183. The topological polar surface area (TPSA) is 46.4 Å². The summed E-state index contributed by atoms with van der Waals surface area (Å²) in [6, 6.07) is 10.3. The Labute approximate surface area is 149 Å². The van der Waals surface area contributed by atoms with Gasteiger partial charge in [-0.05, 0) is 51.8 Å². The van der Waals surface area contributed by atoms with Crippen molar-refractivity contribution in [2.75, 3.05) is 0 Å². The fraction of sp³-hybridized carbons (Fsp3) is 0.429. The molecule has 2 aromatic rings. The van der Waals surface area contributed by atoms with E-state index in [0.29, 0.717) is 11.6 Å². The van der Waals surface area contributed by atoms with Crippen molar-refractivity contribution in [3.05, 3.63) is 58.4 Å². The van der Waals surface area contributed by atoms with Crippen molar-refractivity contribution >= 4 is 12.1 Å². The lowest BCUT2D eigenvalue weighted by Crippen LogP contribution is -2.17. The second kappa shape index (κ2) is 7.68. The van der Waals surface area contributed by atoms with Crippen LogP contribution in [-0.2, 0) is 0 Å². The number of nitrogens with zero attached hydrogens (tertiary/aromatic N) is 2. The number of carbonyl (C=O) groups is 1. The molecule has 3 rings (SSSR count). The van der Waals surface area contributed by atoms with E-state index < -0.39 is 0 Å². The highest BCUT2D eigenvalue weighted by Crippen LogP contribution is 2.31. The maximum Gasteiger partial charge on any atom is 0.271 e. The number of aryl methyl sites for hydroxylation is 2. The van der Waals surface area contributed by atoms with Gasteiger partial charge in [-0.15, -0.1) is 0 Å². The molecule has 1 fully saturated rings. The molecule has 0 saturated heterocycles. The third-order valence-corrected chi connectivity index (χ3v) is 5.15. The van der Waals surface area contributed by atoms with Crippen molar-refractivity contribution in [2.45, 2.75) is 58.9 Å². The Morgan fingerprint density at radius 2 is 1.80 bits per heavy atom. The predicted octanol–water partition coefficient (Wildman–Crippen LogP) is 4.68. The van der Waals surface area contributed by atoms with Crippen LogP contribution in [-0.4, -0.2) is 16.7 Å². The van der Waals surface area contributed by atoms with Crippen molar-refractivity contribution < 1.29 is 4.79 Å². The van der Waals surface area contributed by atoms with Crippen LogP contribution in [0.5, 0.6) is 0 Å². The quantitative estimate of drug-likeness (QED) is 0.639. The van der Waals surface area contributed by atoms with E-state index in [-0.39, 0.29) is 5.91 Å². The largest absolute Gasteiger partial charge is 0.345 e. The summed E-state index contributed by atoms with van der Waals surface area (Å²) in [6.45, 7) is 6.30. The third-order valence-electron chi connectivity index (χ3n) is 5.15. The molecule has 4 heteroatoms. The number of benzene rings is 1. The molecule has 4 nitrogen and oxygen atoms in total. The number of rotatable bonds is 4. The number of hydrazone groups is 1. The zero-order chi connectivity index (χ0) is 17.8. The van der Waals surface area contributed by atoms with Crippen LogP contribution < -0.4 is 5.43 Å². The minimum absolute atomic E-state index is 0.183. The third kappa shape index (κ3) is 4.01. The average molecular weight is 337 g/mol. The van der Waals surface area contributed by atoms with E-state index in [0.717, 1.165) is 11.1 Å². The molecule has 0 aliphatic heterocycles. The summed E-state index contributed by atoms with van der Waals surface area (Å²) >= 11 is 0. The Kier molecular flexibility index (Phi) is 5.37. The Balaban J connectivity index is 1.69. The van der Waals surface area contributed by atoms with Crippen LogP contribution in [0.1, 0.15) is 71.0 Å². The molecule has 1 N–H and O–H groups in total. The van der Waals surface area contributed by atoms with Gasteiger partial charge in [0.05, 0.1) is 6.21 Å². The average Bonchev–Trinajstić information content (AvgIpc) is 2.90. The SMILES string of the molecule is Cc1ccc(C(=O)N/N=C\c2cc(C)n(C3CCCCC3)c2C)cc1. The van der Waals surface area contributed by atoms with E-state index in [1.54, 1.807) is 6.21 Å². The van der Waals surface area contributed by atoms with Crippen molar-refractivity contribution in [3.63, 3.8) is 0 Å². The van der Waals surface area contributed by atoms with Crippen LogP contribution in [0.2, 0.25) is 0 Å². The highest BCUT2D eigenvalue weighted by molar-refractivity contribution is 5.95. The summed E-state index contributed by atoms with van der Waals surface area (Å²) in [6.07, 6.45) is 8.27. The molecule has 1 aromatic carbocycles. The number of carbonyl (C=O) groups excluding carboxylic acids is 1. The normalized spacial score (nSPS) is 15.6. The zero-order valence-electron chi connectivity index (χ0n) is 15.4.